The molecule has 1 aromatic rings. The lowest BCUT2D eigenvalue weighted by atomic mass is 10.2. The van der Waals surface area contributed by atoms with Crippen LogP contribution in [0.1, 0.15) is 24.6 Å². The van der Waals surface area contributed by atoms with E-state index >= 15 is 0 Å². The van der Waals surface area contributed by atoms with Crippen molar-refractivity contribution in [3.8, 4) is 0 Å². The van der Waals surface area contributed by atoms with Gasteiger partial charge in [-0.15, -0.1) is 0 Å². The summed E-state index contributed by atoms with van der Waals surface area (Å²) in [6.07, 6.45) is 2.05. The third-order valence-electron chi connectivity index (χ3n) is 3.62. The molecule has 1 rings (SSSR count). The normalized spacial score (nSPS) is 12.1. The first kappa shape index (κ1) is 18.9. The van der Waals surface area contributed by atoms with Crippen LogP contribution >= 0.6 is 0 Å². The maximum Gasteiger partial charge on any atom is 0.211 e. The molecule has 0 spiro atoms. The number of nitrogens with zero attached hydrogens (tertiary/aromatic N) is 4. The van der Waals surface area contributed by atoms with Gasteiger partial charge in [0.1, 0.15) is 5.82 Å². The summed E-state index contributed by atoms with van der Waals surface area (Å²) >= 11 is 0. The molecule has 8 heteroatoms. The average molecular weight is 331 g/mol. The Kier molecular flexibility index (Phi) is 6.83. The molecule has 0 fully saturated rings. The molecule has 0 bridgehead atoms. The molecule has 0 saturated heterocycles. The van der Waals surface area contributed by atoms with Gasteiger partial charge >= 0.3 is 0 Å². The number of sulfonamides is 1. The minimum absolute atomic E-state index is 0.519. The van der Waals surface area contributed by atoms with Crippen molar-refractivity contribution < 1.29 is 8.42 Å². The number of hydrogen-bond donors (Lipinski definition) is 1. The van der Waals surface area contributed by atoms with Gasteiger partial charge in [-0.3, -0.25) is 4.68 Å². The van der Waals surface area contributed by atoms with Crippen LogP contribution in [0.2, 0.25) is 0 Å². The van der Waals surface area contributed by atoms with Crippen molar-refractivity contribution in [1.29, 1.82) is 0 Å². The van der Waals surface area contributed by atoms with E-state index in [9.17, 15) is 8.42 Å². The molecule has 1 N–H and O–H groups in total. The number of aryl methyl sites for hydroxylation is 2. The first-order valence-corrected chi connectivity index (χ1v) is 9.39. The van der Waals surface area contributed by atoms with E-state index in [1.54, 1.807) is 0 Å². The lowest BCUT2D eigenvalue weighted by Crippen LogP contribution is -2.32. The van der Waals surface area contributed by atoms with Gasteiger partial charge in [0.25, 0.3) is 0 Å². The highest BCUT2D eigenvalue weighted by atomic mass is 32.2. The Labute approximate surface area is 134 Å². The molecule has 0 aliphatic rings. The highest BCUT2D eigenvalue weighted by Gasteiger charge is 2.15. The summed E-state index contributed by atoms with van der Waals surface area (Å²) in [5.74, 6) is 1.09. The number of nitrogens with one attached hydrogen (secondary N) is 1. The van der Waals surface area contributed by atoms with Crippen molar-refractivity contribution in [2.75, 3.05) is 44.9 Å². The van der Waals surface area contributed by atoms with Crippen molar-refractivity contribution in [2.24, 2.45) is 7.05 Å². The molecule has 0 aliphatic carbocycles. The predicted octanol–water partition coefficient (Wildman–Crippen LogP) is 0.556. The lowest BCUT2D eigenvalue weighted by molar-refractivity contribution is 0.419. The fourth-order valence-corrected chi connectivity index (χ4v) is 3.54. The topological polar surface area (TPSA) is 70.5 Å². The summed E-state index contributed by atoms with van der Waals surface area (Å²) in [5, 5.41) is 7.83. The van der Waals surface area contributed by atoms with E-state index in [1.165, 1.54) is 16.1 Å². The van der Waals surface area contributed by atoms with E-state index < -0.39 is 10.0 Å². The molecule has 7 nitrogen and oxygen atoms in total. The third-order valence-corrected chi connectivity index (χ3v) is 5.00. The lowest BCUT2D eigenvalue weighted by Gasteiger charge is -2.18. The second-order valence-electron chi connectivity index (χ2n) is 5.69. The van der Waals surface area contributed by atoms with Crippen LogP contribution in [-0.4, -0.2) is 62.5 Å². The zero-order valence-electron chi connectivity index (χ0n) is 14.5. The second-order valence-corrected chi connectivity index (χ2v) is 7.67. The maximum absolute atomic E-state index is 11.5. The van der Waals surface area contributed by atoms with E-state index in [0.29, 0.717) is 13.1 Å². The molecular weight excluding hydrogens is 302 g/mol. The smallest absolute Gasteiger partial charge is 0.211 e. The molecule has 0 unspecified atom stereocenters. The highest BCUT2D eigenvalue weighted by molar-refractivity contribution is 7.88. The molecule has 0 aromatic carbocycles. The minimum atomic E-state index is -3.09. The SMILES string of the molecule is CCN(CCCNCc1c(C)nn(C)c1N(C)C)S(C)(=O)=O. The van der Waals surface area contributed by atoms with Crippen LogP contribution < -0.4 is 10.2 Å². The predicted molar refractivity (Wildman–Crippen MR) is 90.7 cm³/mol. The molecule has 0 aliphatic heterocycles. The van der Waals surface area contributed by atoms with Crippen LogP contribution in [0.5, 0.6) is 0 Å². The summed E-state index contributed by atoms with van der Waals surface area (Å²) in [4.78, 5) is 2.06. The first-order valence-electron chi connectivity index (χ1n) is 7.54. The molecule has 0 atom stereocenters. The Bertz CT molecular complexity index is 580. The van der Waals surface area contributed by atoms with Gasteiger partial charge in [0.05, 0.1) is 11.9 Å². The van der Waals surface area contributed by atoms with E-state index in [1.807, 2.05) is 39.7 Å². The van der Waals surface area contributed by atoms with Gasteiger partial charge in [0, 0.05) is 46.3 Å². The Morgan fingerprint density at radius 1 is 1.32 bits per heavy atom. The highest BCUT2D eigenvalue weighted by Crippen LogP contribution is 2.20. The molecule has 0 radical (unpaired) electrons. The molecule has 22 heavy (non-hydrogen) atoms. The van der Waals surface area contributed by atoms with Gasteiger partial charge in [-0.1, -0.05) is 6.92 Å². The van der Waals surface area contributed by atoms with E-state index in [4.69, 9.17) is 0 Å². The third kappa shape index (κ3) is 4.96. The average Bonchev–Trinajstić information content (AvgIpc) is 2.66. The molecular formula is C14H29N5O2S. The minimum Gasteiger partial charge on any atom is -0.363 e. The van der Waals surface area contributed by atoms with Crippen LogP contribution in [0, 0.1) is 6.92 Å². The number of anilines is 1. The Morgan fingerprint density at radius 2 is 1.95 bits per heavy atom. The molecule has 1 aromatic heterocycles. The second kappa shape index (κ2) is 7.94. The van der Waals surface area contributed by atoms with Crippen molar-refractivity contribution in [1.82, 2.24) is 19.4 Å². The van der Waals surface area contributed by atoms with Gasteiger partial charge in [-0.2, -0.15) is 5.10 Å². The van der Waals surface area contributed by atoms with Crippen LogP contribution in [0.25, 0.3) is 0 Å². The molecule has 0 amide bonds. The van der Waals surface area contributed by atoms with Crippen molar-refractivity contribution in [3.05, 3.63) is 11.3 Å². The van der Waals surface area contributed by atoms with Crippen LogP contribution in [-0.2, 0) is 23.6 Å². The quantitative estimate of drug-likeness (QED) is 0.670. The zero-order valence-corrected chi connectivity index (χ0v) is 15.4. The van der Waals surface area contributed by atoms with Gasteiger partial charge in [-0.05, 0) is 19.9 Å². The first-order chi connectivity index (χ1) is 10.2. The Hall–Kier alpha value is -1.12. The summed E-state index contributed by atoms with van der Waals surface area (Å²) in [6.45, 7) is 6.44. The molecule has 1 heterocycles. The van der Waals surface area contributed by atoms with Crippen molar-refractivity contribution >= 4 is 15.8 Å². The van der Waals surface area contributed by atoms with Gasteiger partial charge in [0.15, 0.2) is 0 Å². The molecule has 0 saturated carbocycles. The fraction of sp³-hybridized carbons (Fsp3) is 0.786. The van der Waals surface area contributed by atoms with Crippen LogP contribution in [0.3, 0.4) is 0 Å². The van der Waals surface area contributed by atoms with Gasteiger partial charge < -0.3 is 10.2 Å². The summed E-state index contributed by atoms with van der Waals surface area (Å²) in [6, 6.07) is 0. The number of aromatic nitrogens is 2. The Balaban J connectivity index is 2.49. The maximum atomic E-state index is 11.5. The molecule has 128 valence electrons. The largest absolute Gasteiger partial charge is 0.363 e. The van der Waals surface area contributed by atoms with Crippen LogP contribution in [0.4, 0.5) is 5.82 Å². The summed E-state index contributed by atoms with van der Waals surface area (Å²) in [7, 11) is 2.86. The van der Waals surface area contributed by atoms with E-state index in [2.05, 4.69) is 15.3 Å². The number of rotatable bonds is 9. The van der Waals surface area contributed by atoms with Gasteiger partial charge in [-0.25, -0.2) is 12.7 Å². The standard InChI is InChI=1S/C14H29N5O2S/c1-7-19(22(6,20)21)10-8-9-15-11-13-12(2)16-18(5)14(13)17(3)4/h15H,7-11H2,1-6H3. The Morgan fingerprint density at radius 3 is 2.45 bits per heavy atom. The van der Waals surface area contributed by atoms with Crippen LogP contribution in [0.15, 0.2) is 0 Å². The monoisotopic (exact) mass is 331 g/mol. The zero-order chi connectivity index (χ0) is 16.9. The summed E-state index contributed by atoms with van der Waals surface area (Å²) < 4.78 is 26.4. The van der Waals surface area contributed by atoms with Crippen molar-refractivity contribution in [2.45, 2.75) is 26.8 Å². The number of hydrogen-bond acceptors (Lipinski definition) is 5. The van der Waals surface area contributed by atoms with Crippen molar-refractivity contribution in [3.63, 3.8) is 0 Å². The van der Waals surface area contributed by atoms with Gasteiger partial charge in [0.2, 0.25) is 10.0 Å². The summed E-state index contributed by atoms with van der Waals surface area (Å²) in [5.41, 5.74) is 2.20. The van der Waals surface area contributed by atoms with E-state index in [-0.39, 0.29) is 0 Å². The van der Waals surface area contributed by atoms with E-state index in [0.717, 1.165) is 31.0 Å². The fourth-order valence-electron chi connectivity index (χ4n) is 2.61.